The van der Waals surface area contributed by atoms with Crippen molar-refractivity contribution in [2.75, 3.05) is 20.8 Å². The first kappa shape index (κ1) is 15.4. The number of rotatable bonds is 7. The first-order chi connectivity index (χ1) is 7.32. The van der Waals surface area contributed by atoms with Crippen LogP contribution < -0.4 is 5.32 Å². The molecule has 0 aromatic heterocycles. The standard InChI is InChI=1S/C12H25NO3/c1-9(2)8-13-10(11(14)15-5)7-12(3,4)16-6/h9-10,13H,7-8H2,1-6H3. The van der Waals surface area contributed by atoms with Gasteiger partial charge in [-0.1, -0.05) is 13.8 Å². The average Bonchev–Trinajstić information content (AvgIpc) is 2.22. The number of esters is 1. The minimum absolute atomic E-state index is 0.231. The number of nitrogens with one attached hydrogen (secondary N) is 1. The Morgan fingerprint density at radius 1 is 1.31 bits per heavy atom. The molecule has 4 heteroatoms. The van der Waals surface area contributed by atoms with Gasteiger partial charge in [0.25, 0.3) is 0 Å². The molecule has 0 aromatic carbocycles. The normalized spacial score (nSPS) is 13.9. The molecular weight excluding hydrogens is 206 g/mol. The van der Waals surface area contributed by atoms with E-state index in [1.807, 2.05) is 13.8 Å². The van der Waals surface area contributed by atoms with Gasteiger partial charge in [-0.05, 0) is 26.3 Å². The maximum absolute atomic E-state index is 11.6. The zero-order chi connectivity index (χ0) is 12.8. The molecule has 0 fully saturated rings. The topological polar surface area (TPSA) is 47.6 Å². The fraction of sp³-hybridized carbons (Fsp3) is 0.917. The molecule has 0 amide bonds. The van der Waals surface area contributed by atoms with Gasteiger partial charge in [0.1, 0.15) is 6.04 Å². The molecule has 16 heavy (non-hydrogen) atoms. The molecule has 1 atom stereocenters. The van der Waals surface area contributed by atoms with Crippen LogP contribution >= 0.6 is 0 Å². The largest absolute Gasteiger partial charge is 0.468 e. The summed E-state index contributed by atoms with van der Waals surface area (Å²) in [5, 5.41) is 3.21. The van der Waals surface area contributed by atoms with Crippen molar-refractivity contribution in [3.63, 3.8) is 0 Å². The second kappa shape index (κ2) is 6.86. The number of carbonyl (C=O) groups is 1. The van der Waals surface area contributed by atoms with Crippen molar-refractivity contribution in [3.05, 3.63) is 0 Å². The van der Waals surface area contributed by atoms with E-state index >= 15 is 0 Å². The number of hydrogen-bond acceptors (Lipinski definition) is 4. The summed E-state index contributed by atoms with van der Waals surface area (Å²) >= 11 is 0. The molecule has 1 N–H and O–H groups in total. The zero-order valence-electron chi connectivity index (χ0n) is 11.3. The van der Waals surface area contributed by atoms with Crippen LogP contribution in [0.3, 0.4) is 0 Å². The van der Waals surface area contributed by atoms with Crippen LogP contribution in [-0.2, 0) is 14.3 Å². The van der Waals surface area contributed by atoms with E-state index in [9.17, 15) is 4.79 Å². The Labute approximate surface area is 98.7 Å². The summed E-state index contributed by atoms with van der Waals surface area (Å²) in [5.74, 6) is 0.267. The lowest BCUT2D eigenvalue weighted by Gasteiger charge is -2.28. The first-order valence-electron chi connectivity index (χ1n) is 5.68. The Hall–Kier alpha value is -0.610. The monoisotopic (exact) mass is 231 g/mol. The Balaban J connectivity index is 4.37. The molecule has 0 bridgehead atoms. The number of methoxy groups -OCH3 is 2. The molecule has 4 nitrogen and oxygen atoms in total. The molecule has 0 rings (SSSR count). The van der Waals surface area contributed by atoms with E-state index in [2.05, 4.69) is 19.2 Å². The van der Waals surface area contributed by atoms with Gasteiger partial charge in [0.05, 0.1) is 12.7 Å². The van der Waals surface area contributed by atoms with Crippen molar-refractivity contribution in [2.24, 2.45) is 5.92 Å². The highest BCUT2D eigenvalue weighted by molar-refractivity contribution is 5.75. The van der Waals surface area contributed by atoms with Gasteiger partial charge in [-0.25, -0.2) is 0 Å². The third-order valence-electron chi connectivity index (χ3n) is 2.51. The summed E-state index contributed by atoms with van der Waals surface area (Å²) < 4.78 is 10.1. The lowest BCUT2D eigenvalue weighted by atomic mass is 9.98. The molecule has 0 heterocycles. The van der Waals surface area contributed by atoms with Gasteiger partial charge in [0, 0.05) is 13.5 Å². The van der Waals surface area contributed by atoms with E-state index in [1.54, 1.807) is 7.11 Å². The Bertz CT molecular complexity index is 214. The van der Waals surface area contributed by atoms with Crippen LogP contribution in [0.5, 0.6) is 0 Å². The molecule has 0 spiro atoms. The van der Waals surface area contributed by atoms with Crippen molar-refractivity contribution in [3.8, 4) is 0 Å². The molecular formula is C12H25NO3. The van der Waals surface area contributed by atoms with Crippen LogP contribution in [0.25, 0.3) is 0 Å². The average molecular weight is 231 g/mol. The van der Waals surface area contributed by atoms with Crippen molar-refractivity contribution in [2.45, 2.75) is 45.8 Å². The van der Waals surface area contributed by atoms with E-state index in [0.717, 1.165) is 6.54 Å². The summed E-state index contributed by atoms with van der Waals surface area (Å²) in [7, 11) is 3.06. The lowest BCUT2D eigenvalue weighted by Crippen LogP contribution is -2.44. The molecule has 0 saturated carbocycles. The van der Waals surface area contributed by atoms with Gasteiger partial charge in [-0.2, -0.15) is 0 Å². The molecule has 0 aliphatic heterocycles. The quantitative estimate of drug-likeness (QED) is 0.676. The summed E-state index contributed by atoms with van der Waals surface area (Å²) in [6.45, 7) is 8.91. The Morgan fingerprint density at radius 2 is 1.88 bits per heavy atom. The highest BCUT2D eigenvalue weighted by atomic mass is 16.5. The molecule has 96 valence electrons. The van der Waals surface area contributed by atoms with Crippen molar-refractivity contribution < 1.29 is 14.3 Å². The van der Waals surface area contributed by atoms with Gasteiger partial charge in [0.15, 0.2) is 0 Å². The van der Waals surface area contributed by atoms with E-state index in [4.69, 9.17) is 9.47 Å². The van der Waals surface area contributed by atoms with Crippen LogP contribution in [0.15, 0.2) is 0 Å². The molecule has 0 aliphatic carbocycles. The van der Waals surface area contributed by atoms with Gasteiger partial charge in [-0.3, -0.25) is 4.79 Å². The highest BCUT2D eigenvalue weighted by Crippen LogP contribution is 2.16. The lowest BCUT2D eigenvalue weighted by molar-refractivity contribution is -0.145. The van der Waals surface area contributed by atoms with Crippen LogP contribution in [0, 0.1) is 5.92 Å². The first-order valence-corrected chi connectivity index (χ1v) is 5.68. The summed E-state index contributed by atoms with van der Waals surface area (Å²) in [4.78, 5) is 11.6. The predicted molar refractivity (Wildman–Crippen MR) is 64.3 cm³/mol. The Morgan fingerprint density at radius 3 is 2.25 bits per heavy atom. The second-order valence-corrected chi connectivity index (χ2v) is 5.05. The molecule has 0 aliphatic rings. The van der Waals surface area contributed by atoms with Gasteiger partial charge >= 0.3 is 5.97 Å². The zero-order valence-corrected chi connectivity index (χ0v) is 11.3. The molecule has 0 radical (unpaired) electrons. The van der Waals surface area contributed by atoms with Crippen LogP contribution in [0.4, 0.5) is 0 Å². The van der Waals surface area contributed by atoms with Gasteiger partial charge in [-0.15, -0.1) is 0 Å². The van der Waals surface area contributed by atoms with Crippen LogP contribution in [-0.4, -0.2) is 38.4 Å². The van der Waals surface area contributed by atoms with Gasteiger partial charge in [0.2, 0.25) is 0 Å². The third kappa shape index (κ3) is 6.08. The van der Waals surface area contributed by atoms with Crippen molar-refractivity contribution in [1.29, 1.82) is 0 Å². The fourth-order valence-corrected chi connectivity index (χ4v) is 1.33. The number of carbonyl (C=O) groups excluding carboxylic acids is 1. The minimum Gasteiger partial charge on any atom is -0.468 e. The smallest absolute Gasteiger partial charge is 0.322 e. The molecule has 0 aromatic rings. The van der Waals surface area contributed by atoms with E-state index in [-0.39, 0.29) is 17.6 Å². The second-order valence-electron chi connectivity index (χ2n) is 5.05. The predicted octanol–water partition coefficient (Wildman–Crippen LogP) is 1.59. The van der Waals surface area contributed by atoms with Crippen LogP contribution in [0.1, 0.15) is 34.1 Å². The maximum Gasteiger partial charge on any atom is 0.322 e. The minimum atomic E-state index is -0.331. The molecule has 0 saturated heterocycles. The number of hydrogen-bond donors (Lipinski definition) is 1. The fourth-order valence-electron chi connectivity index (χ4n) is 1.33. The summed E-state index contributed by atoms with van der Waals surface area (Å²) in [6.07, 6.45) is 0.600. The molecule has 1 unspecified atom stereocenters. The van der Waals surface area contributed by atoms with Crippen LogP contribution in [0.2, 0.25) is 0 Å². The third-order valence-corrected chi connectivity index (χ3v) is 2.51. The SMILES string of the molecule is COC(=O)C(CC(C)(C)OC)NCC(C)C. The van der Waals surface area contributed by atoms with E-state index in [1.165, 1.54) is 7.11 Å². The van der Waals surface area contributed by atoms with Crippen molar-refractivity contribution in [1.82, 2.24) is 5.32 Å². The maximum atomic E-state index is 11.6. The highest BCUT2D eigenvalue weighted by Gasteiger charge is 2.28. The number of ether oxygens (including phenoxy) is 2. The van der Waals surface area contributed by atoms with E-state index < -0.39 is 0 Å². The van der Waals surface area contributed by atoms with Gasteiger partial charge < -0.3 is 14.8 Å². The van der Waals surface area contributed by atoms with E-state index in [0.29, 0.717) is 12.3 Å². The summed E-state index contributed by atoms with van der Waals surface area (Å²) in [5.41, 5.74) is -0.331. The van der Waals surface area contributed by atoms with Crippen molar-refractivity contribution >= 4 is 5.97 Å². The Kier molecular flexibility index (Phi) is 6.60. The summed E-state index contributed by atoms with van der Waals surface area (Å²) in [6, 6.07) is -0.303.